The predicted molar refractivity (Wildman–Crippen MR) is 263 cm³/mol. The first-order chi connectivity index (χ1) is 31.8. The van der Waals surface area contributed by atoms with Crippen molar-refractivity contribution in [2.75, 3.05) is 0 Å². The van der Waals surface area contributed by atoms with Crippen LogP contribution in [0.25, 0.3) is 116 Å². The zero-order valence-electron chi connectivity index (χ0n) is 34.5. The van der Waals surface area contributed by atoms with Crippen LogP contribution in [0.3, 0.4) is 0 Å². The highest BCUT2D eigenvalue weighted by atomic mass is 16.3. The van der Waals surface area contributed by atoms with Crippen molar-refractivity contribution >= 4 is 65.7 Å². The van der Waals surface area contributed by atoms with E-state index in [-0.39, 0.29) is 0 Å². The maximum Gasteiger partial charge on any atom is 0.136 e. The third kappa shape index (κ3) is 4.26. The summed E-state index contributed by atoms with van der Waals surface area (Å²) in [5, 5.41) is 6.90. The van der Waals surface area contributed by atoms with E-state index in [2.05, 4.69) is 205 Å². The van der Waals surface area contributed by atoms with E-state index >= 15 is 0 Å². The molecule has 0 atom stereocenters. The van der Waals surface area contributed by atoms with Crippen LogP contribution in [0.4, 0.5) is 0 Å². The molecule has 0 unspecified atom stereocenters. The Bertz CT molecular complexity index is 3940. The number of fused-ring (bicyclic) bond motifs is 19. The summed E-state index contributed by atoms with van der Waals surface area (Å²) in [6, 6.07) is 77.9. The molecule has 296 valence electrons. The number of rotatable bonds is 3. The number of para-hydroxylation sites is 2. The highest BCUT2D eigenvalue weighted by Crippen LogP contribution is 2.64. The fourth-order valence-corrected chi connectivity index (χ4v) is 11.9. The molecule has 2 aliphatic carbocycles. The highest BCUT2D eigenvalue weighted by Gasteiger charge is 2.52. The molecule has 3 heteroatoms. The van der Waals surface area contributed by atoms with Gasteiger partial charge in [0.1, 0.15) is 22.3 Å². The summed E-state index contributed by atoms with van der Waals surface area (Å²) in [6.07, 6.45) is 0. The molecule has 2 aliphatic rings. The molecule has 3 heterocycles. The van der Waals surface area contributed by atoms with Gasteiger partial charge in [-0.15, -0.1) is 0 Å². The third-order valence-corrected chi connectivity index (χ3v) is 14.4. The molecule has 0 N–H and O–H groups in total. The van der Waals surface area contributed by atoms with Gasteiger partial charge in [-0.2, -0.15) is 0 Å². The molecule has 0 aliphatic heterocycles. The van der Waals surface area contributed by atoms with Crippen molar-refractivity contribution in [3.05, 3.63) is 235 Å². The average Bonchev–Trinajstić information content (AvgIpc) is 4.15. The second-order valence-electron chi connectivity index (χ2n) is 17.4. The normalized spacial score (nSPS) is 13.4. The van der Waals surface area contributed by atoms with Gasteiger partial charge in [0.25, 0.3) is 0 Å². The summed E-state index contributed by atoms with van der Waals surface area (Å²) >= 11 is 0. The van der Waals surface area contributed by atoms with Crippen molar-refractivity contribution in [2.45, 2.75) is 5.41 Å². The van der Waals surface area contributed by atoms with E-state index in [1.807, 2.05) is 12.1 Å². The first-order valence-corrected chi connectivity index (χ1v) is 22.1. The highest BCUT2D eigenvalue weighted by molar-refractivity contribution is 6.22. The quantitative estimate of drug-likeness (QED) is 0.178. The lowest BCUT2D eigenvalue weighted by Gasteiger charge is -2.30. The molecule has 0 bridgehead atoms. The van der Waals surface area contributed by atoms with Gasteiger partial charge in [-0.3, -0.25) is 0 Å². The van der Waals surface area contributed by atoms with Gasteiger partial charge < -0.3 is 13.4 Å². The molecule has 0 saturated heterocycles. The molecule has 0 fully saturated rings. The lowest BCUT2D eigenvalue weighted by Crippen LogP contribution is -2.25. The molecule has 15 rings (SSSR count). The molecule has 13 aromatic rings. The van der Waals surface area contributed by atoms with E-state index in [9.17, 15) is 0 Å². The monoisotopic (exact) mass is 813 g/mol. The Morgan fingerprint density at radius 2 is 0.734 bits per heavy atom. The lowest BCUT2D eigenvalue weighted by molar-refractivity contribution is 0.668. The molecule has 10 aromatic carbocycles. The Hall–Kier alpha value is -8.40. The average molecular weight is 814 g/mol. The zero-order valence-corrected chi connectivity index (χ0v) is 34.5. The molecule has 3 nitrogen and oxygen atoms in total. The molecule has 64 heavy (non-hydrogen) atoms. The lowest BCUT2D eigenvalue weighted by atomic mass is 9.70. The second kappa shape index (κ2) is 12.4. The summed E-state index contributed by atoms with van der Waals surface area (Å²) in [6.45, 7) is 0. The van der Waals surface area contributed by atoms with Gasteiger partial charge >= 0.3 is 0 Å². The van der Waals surface area contributed by atoms with Crippen molar-refractivity contribution in [1.29, 1.82) is 0 Å². The Labute approximate surface area is 367 Å². The molecular weight excluding hydrogens is 779 g/mol. The molecule has 0 radical (unpaired) electrons. The van der Waals surface area contributed by atoms with Crippen LogP contribution in [0, 0.1) is 0 Å². The van der Waals surface area contributed by atoms with Crippen LogP contribution >= 0.6 is 0 Å². The molecule has 1 spiro atoms. The number of hydrogen-bond donors (Lipinski definition) is 0. The van der Waals surface area contributed by atoms with Gasteiger partial charge in [0, 0.05) is 37.9 Å². The SMILES string of the molecule is c1ccc2c(c1)-c1ccccc1C21c2ccccc2-c2c(-n3c4cccc(-c5ccc6c(c5)oc5ccccc56)c4c4c(-c5ccc6c(c5)oc5ccccc56)cccc43)cccc21. The fraction of sp³-hybridized carbons (Fsp3) is 0.0164. The van der Waals surface area contributed by atoms with Crippen LogP contribution in [0.15, 0.2) is 221 Å². The Morgan fingerprint density at radius 1 is 0.312 bits per heavy atom. The Morgan fingerprint density at radius 3 is 1.30 bits per heavy atom. The minimum atomic E-state index is -0.450. The minimum absolute atomic E-state index is 0.450. The van der Waals surface area contributed by atoms with E-state index in [0.717, 1.165) is 77.2 Å². The van der Waals surface area contributed by atoms with E-state index in [1.165, 1.54) is 61.0 Å². The second-order valence-corrected chi connectivity index (χ2v) is 17.4. The summed E-state index contributed by atoms with van der Waals surface area (Å²) in [5.41, 5.74) is 21.6. The van der Waals surface area contributed by atoms with Crippen molar-refractivity contribution in [3.8, 4) is 50.2 Å². The zero-order chi connectivity index (χ0) is 41.7. The number of benzene rings is 10. The van der Waals surface area contributed by atoms with Crippen molar-refractivity contribution in [2.24, 2.45) is 0 Å². The van der Waals surface area contributed by atoms with Crippen molar-refractivity contribution < 1.29 is 8.83 Å². The van der Waals surface area contributed by atoms with E-state index in [1.54, 1.807) is 0 Å². The van der Waals surface area contributed by atoms with Crippen molar-refractivity contribution in [1.82, 2.24) is 4.57 Å². The van der Waals surface area contributed by atoms with Gasteiger partial charge in [0.15, 0.2) is 0 Å². The molecular formula is C61H35NO2. The van der Waals surface area contributed by atoms with Crippen LogP contribution in [-0.2, 0) is 5.41 Å². The third-order valence-electron chi connectivity index (χ3n) is 14.4. The summed E-state index contributed by atoms with van der Waals surface area (Å²) in [5.74, 6) is 0. The number of aromatic nitrogens is 1. The smallest absolute Gasteiger partial charge is 0.136 e. The maximum atomic E-state index is 6.51. The van der Waals surface area contributed by atoms with Crippen LogP contribution in [-0.4, -0.2) is 4.57 Å². The van der Waals surface area contributed by atoms with E-state index in [0.29, 0.717) is 0 Å². The molecule has 3 aromatic heterocycles. The van der Waals surface area contributed by atoms with Crippen LogP contribution < -0.4 is 0 Å². The van der Waals surface area contributed by atoms with Gasteiger partial charge in [-0.05, 0) is 116 Å². The topological polar surface area (TPSA) is 31.2 Å². The van der Waals surface area contributed by atoms with Gasteiger partial charge in [0.05, 0.1) is 22.1 Å². The van der Waals surface area contributed by atoms with E-state index in [4.69, 9.17) is 8.83 Å². The maximum absolute atomic E-state index is 6.51. The summed E-state index contributed by atoms with van der Waals surface area (Å²) in [4.78, 5) is 0. The fourth-order valence-electron chi connectivity index (χ4n) is 11.9. The number of furan rings is 2. The van der Waals surface area contributed by atoms with Gasteiger partial charge in [-0.25, -0.2) is 0 Å². The van der Waals surface area contributed by atoms with E-state index < -0.39 is 5.41 Å². The first-order valence-electron chi connectivity index (χ1n) is 22.1. The van der Waals surface area contributed by atoms with Gasteiger partial charge in [0.2, 0.25) is 0 Å². The minimum Gasteiger partial charge on any atom is -0.456 e. The van der Waals surface area contributed by atoms with Gasteiger partial charge in [-0.1, -0.05) is 158 Å². The molecule has 0 saturated carbocycles. The Kier molecular flexibility index (Phi) is 6.61. The van der Waals surface area contributed by atoms with Crippen LogP contribution in [0.2, 0.25) is 0 Å². The van der Waals surface area contributed by atoms with Crippen LogP contribution in [0.5, 0.6) is 0 Å². The summed E-state index contributed by atoms with van der Waals surface area (Å²) < 4.78 is 15.6. The first kappa shape index (κ1) is 34.2. The largest absolute Gasteiger partial charge is 0.456 e. The Balaban J connectivity index is 1.06. The summed E-state index contributed by atoms with van der Waals surface area (Å²) in [7, 11) is 0. The molecule has 0 amide bonds. The number of nitrogens with zero attached hydrogens (tertiary/aromatic N) is 1. The predicted octanol–water partition coefficient (Wildman–Crippen LogP) is 16.3. The number of hydrogen-bond acceptors (Lipinski definition) is 2. The van der Waals surface area contributed by atoms with Crippen LogP contribution in [0.1, 0.15) is 22.3 Å². The van der Waals surface area contributed by atoms with Crippen molar-refractivity contribution in [3.63, 3.8) is 0 Å². The standard InChI is InChI=1S/C61H35NO2/c1-6-21-47-40(14-1)41-15-2-7-22-48(41)61(47)49-23-8-3-18-46(49)58-50(61)24-13-27-51(58)62-52-25-11-19-38(36-30-32-44-42-16-4-9-28-54(42)63-56(44)34-36)59(52)60-39(20-12-26-53(60)62)37-31-33-45-43-17-5-10-29-55(43)64-57(45)35-37/h1-35H.